The Kier molecular flexibility index (Phi) is 5.88. The van der Waals surface area contributed by atoms with Gasteiger partial charge in [0.05, 0.1) is 5.54 Å². The number of rotatable bonds is 7. The molecule has 0 spiro atoms. The molecule has 0 N–H and O–H groups in total. The van der Waals surface area contributed by atoms with Crippen molar-refractivity contribution >= 4 is 5.78 Å². The van der Waals surface area contributed by atoms with Crippen molar-refractivity contribution in [3.8, 4) is 0 Å². The first kappa shape index (κ1) is 16.8. The minimum absolute atomic E-state index is 0.164. The van der Waals surface area contributed by atoms with Crippen LogP contribution in [0.3, 0.4) is 0 Å². The molecule has 0 saturated heterocycles. The molecule has 0 aliphatic heterocycles. The van der Waals surface area contributed by atoms with Crippen molar-refractivity contribution in [1.82, 2.24) is 4.90 Å². The molecule has 0 fully saturated rings. The lowest BCUT2D eigenvalue weighted by Crippen LogP contribution is -2.52. The van der Waals surface area contributed by atoms with Crippen molar-refractivity contribution in [1.29, 1.82) is 0 Å². The van der Waals surface area contributed by atoms with Crippen LogP contribution in [0.1, 0.15) is 45.2 Å². The number of carbonyl (C=O) groups excluding carboxylic acids is 1. The Morgan fingerprint density at radius 3 is 2.35 bits per heavy atom. The van der Waals surface area contributed by atoms with Gasteiger partial charge in [-0.05, 0) is 56.6 Å². The maximum absolute atomic E-state index is 13.3. The summed E-state index contributed by atoms with van der Waals surface area (Å²) in [7, 11) is 0. The number of hydrogen-bond donors (Lipinski definition) is 0. The van der Waals surface area contributed by atoms with Crippen LogP contribution in [-0.2, 0) is 11.2 Å². The van der Waals surface area contributed by atoms with Gasteiger partial charge in [0, 0.05) is 6.42 Å². The average Bonchev–Trinajstić information content (AvgIpc) is 2.43. The monoisotopic (exact) mass is 279 g/mol. The minimum Gasteiger partial charge on any atom is -0.297 e. The van der Waals surface area contributed by atoms with Gasteiger partial charge in [0.15, 0.2) is 5.78 Å². The third kappa shape index (κ3) is 3.45. The van der Waals surface area contributed by atoms with E-state index in [9.17, 15) is 9.18 Å². The Bertz CT molecular complexity index is 468. The molecule has 1 aromatic carbocycles. The van der Waals surface area contributed by atoms with Gasteiger partial charge in [-0.1, -0.05) is 26.8 Å². The molecule has 0 saturated carbocycles. The standard InChI is InChI=1S/C17H26FNO/c1-6-17(5,19(7-2)8-3)16(20)12-14-11-15(18)10-9-13(14)4/h9-11H,6-8,12H2,1-5H3. The fraction of sp³-hybridized carbons (Fsp3) is 0.588. The van der Waals surface area contributed by atoms with Crippen LogP contribution in [-0.4, -0.2) is 29.3 Å². The number of likely N-dealkylation sites (N-methyl/N-ethyl adjacent to an activating group) is 1. The number of nitrogens with zero attached hydrogens (tertiary/aromatic N) is 1. The summed E-state index contributed by atoms with van der Waals surface area (Å²) in [6, 6.07) is 4.65. The fourth-order valence-corrected chi connectivity index (χ4v) is 2.71. The molecular weight excluding hydrogens is 253 g/mol. The Labute approximate surface area is 122 Å². The van der Waals surface area contributed by atoms with Gasteiger partial charge >= 0.3 is 0 Å². The highest BCUT2D eigenvalue weighted by atomic mass is 19.1. The number of halogens is 1. The summed E-state index contributed by atoms with van der Waals surface area (Å²) < 4.78 is 13.3. The van der Waals surface area contributed by atoms with E-state index in [1.165, 1.54) is 12.1 Å². The molecule has 1 rings (SSSR count). The molecule has 0 aromatic heterocycles. The molecule has 1 unspecified atom stereocenters. The zero-order chi connectivity index (χ0) is 15.3. The SMILES string of the molecule is CCN(CC)C(C)(CC)C(=O)Cc1cc(F)ccc1C. The van der Waals surface area contributed by atoms with E-state index >= 15 is 0 Å². The molecule has 0 aliphatic rings. The molecule has 0 aliphatic carbocycles. The zero-order valence-electron chi connectivity index (χ0n) is 13.3. The summed E-state index contributed by atoms with van der Waals surface area (Å²) in [5, 5.41) is 0. The van der Waals surface area contributed by atoms with Crippen LogP contribution in [0.25, 0.3) is 0 Å². The molecule has 3 heteroatoms. The second kappa shape index (κ2) is 6.98. The van der Waals surface area contributed by atoms with Crippen molar-refractivity contribution in [2.24, 2.45) is 0 Å². The number of aryl methyl sites for hydroxylation is 1. The smallest absolute Gasteiger partial charge is 0.157 e. The third-order valence-electron chi connectivity index (χ3n) is 4.41. The Balaban J connectivity index is 3.00. The number of carbonyl (C=O) groups is 1. The first-order chi connectivity index (χ1) is 9.38. The minimum atomic E-state index is -0.470. The lowest BCUT2D eigenvalue weighted by atomic mass is 9.86. The molecule has 20 heavy (non-hydrogen) atoms. The molecule has 0 heterocycles. The second-order valence-electron chi connectivity index (χ2n) is 5.47. The molecule has 1 atom stereocenters. The molecule has 1 aromatic rings. The van der Waals surface area contributed by atoms with Crippen molar-refractivity contribution in [3.63, 3.8) is 0 Å². The number of benzene rings is 1. The molecule has 0 bridgehead atoms. The molecule has 0 amide bonds. The normalized spacial score (nSPS) is 14.3. The Morgan fingerprint density at radius 2 is 1.85 bits per heavy atom. The maximum atomic E-state index is 13.3. The van der Waals surface area contributed by atoms with Gasteiger partial charge in [-0.25, -0.2) is 4.39 Å². The average molecular weight is 279 g/mol. The largest absolute Gasteiger partial charge is 0.297 e. The van der Waals surface area contributed by atoms with E-state index in [0.717, 1.165) is 30.6 Å². The highest BCUT2D eigenvalue weighted by Crippen LogP contribution is 2.23. The Hall–Kier alpha value is -1.22. The van der Waals surface area contributed by atoms with E-state index in [4.69, 9.17) is 0 Å². The fourth-order valence-electron chi connectivity index (χ4n) is 2.71. The van der Waals surface area contributed by atoms with Crippen LogP contribution < -0.4 is 0 Å². The van der Waals surface area contributed by atoms with Crippen LogP contribution in [0.5, 0.6) is 0 Å². The van der Waals surface area contributed by atoms with Gasteiger partial charge in [0.25, 0.3) is 0 Å². The van der Waals surface area contributed by atoms with Gasteiger partial charge in [-0.2, -0.15) is 0 Å². The predicted octanol–water partition coefficient (Wildman–Crippen LogP) is 3.76. The van der Waals surface area contributed by atoms with Crippen LogP contribution in [0.15, 0.2) is 18.2 Å². The van der Waals surface area contributed by atoms with E-state index in [2.05, 4.69) is 18.7 Å². The summed E-state index contributed by atoms with van der Waals surface area (Å²) in [6.07, 6.45) is 1.06. The number of Topliss-reactive ketones (excluding diaryl/α,β-unsaturated/α-hetero) is 1. The molecule has 2 nitrogen and oxygen atoms in total. The number of hydrogen-bond acceptors (Lipinski definition) is 2. The van der Waals surface area contributed by atoms with Crippen LogP contribution in [0.2, 0.25) is 0 Å². The lowest BCUT2D eigenvalue weighted by molar-refractivity contribution is -0.129. The summed E-state index contributed by atoms with van der Waals surface area (Å²) >= 11 is 0. The molecule has 0 radical (unpaired) electrons. The predicted molar refractivity (Wildman–Crippen MR) is 81.5 cm³/mol. The van der Waals surface area contributed by atoms with Gasteiger partial charge in [-0.15, -0.1) is 0 Å². The van der Waals surface area contributed by atoms with Gasteiger partial charge in [0.1, 0.15) is 5.82 Å². The first-order valence-corrected chi connectivity index (χ1v) is 7.42. The number of ketones is 1. The van der Waals surface area contributed by atoms with E-state index < -0.39 is 5.54 Å². The maximum Gasteiger partial charge on any atom is 0.157 e. The summed E-state index contributed by atoms with van der Waals surface area (Å²) in [5.41, 5.74) is 1.29. The second-order valence-corrected chi connectivity index (χ2v) is 5.47. The van der Waals surface area contributed by atoms with Crippen LogP contribution in [0.4, 0.5) is 4.39 Å². The van der Waals surface area contributed by atoms with Crippen molar-refractivity contribution in [2.45, 2.75) is 53.0 Å². The van der Waals surface area contributed by atoms with E-state index in [-0.39, 0.29) is 11.6 Å². The molecular formula is C17H26FNO. The van der Waals surface area contributed by atoms with Crippen LogP contribution in [0, 0.1) is 12.7 Å². The summed E-state index contributed by atoms with van der Waals surface area (Å²) in [6.45, 7) is 11.8. The highest BCUT2D eigenvalue weighted by molar-refractivity contribution is 5.90. The van der Waals surface area contributed by atoms with Crippen molar-refractivity contribution in [3.05, 3.63) is 35.1 Å². The highest BCUT2D eigenvalue weighted by Gasteiger charge is 2.35. The lowest BCUT2D eigenvalue weighted by Gasteiger charge is -2.38. The van der Waals surface area contributed by atoms with E-state index in [0.29, 0.717) is 6.42 Å². The topological polar surface area (TPSA) is 20.3 Å². The van der Waals surface area contributed by atoms with Crippen LogP contribution >= 0.6 is 0 Å². The van der Waals surface area contributed by atoms with Crippen molar-refractivity contribution in [2.75, 3.05) is 13.1 Å². The van der Waals surface area contributed by atoms with Gasteiger partial charge in [0.2, 0.25) is 0 Å². The van der Waals surface area contributed by atoms with Gasteiger partial charge in [-0.3, -0.25) is 9.69 Å². The molecule has 112 valence electrons. The quantitative estimate of drug-likeness (QED) is 0.757. The van der Waals surface area contributed by atoms with E-state index in [1.54, 1.807) is 6.07 Å². The van der Waals surface area contributed by atoms with Crippen molar-refractivity contribution < 1.29 is 9.18 Å². The third-order valence-corrected chi connectivity index (χ3v) is 4.41. The van der Waals surface area contributed by atoms with E-state index in [1.807, 2.05) is 20.8 Å². The summed E-state index contributed by atoms with van der Waals surface area (Å²) in [5.74, 6) is -0.114. The first-order valence-electron chi connectivity index (χ1n) is 7.42. The Morgan fingerprint density at radius 1 is 1.25 bits per heavy atom. The summed E-state index contributed by atoms with van der Waals surface area (Å²) in [4.78, 5) is 14.9. The van der Waals surface area contributed by atoms with Gasteiger partial charge < -0.3 is 0 Å². The zero-order valence-corrected chi connectivity index (χ0v) is 13.3.